The Hall–Kier alpha value is -2.40. The topological polar surface area (TPSA) is 45.7 Å². The molecule has 1 atom stereocenters. The zero-order chi connectivity index (χ0) is 19.3. The number of hydrogen-bond donors (Lipinski definition) is 0. The Bertz CT molecular complexity index is 800. The van der Waals surface area contributed by atoms with Crippen molar-refractivity contribution in [3.63, 3.8) is 0 Å². The standard InChI is InChI=1S/C23H29N3O2/c1-28-20-11-9-18(10-12-20)21-7-4-8-22(24-21)19-6-5-13-25(16-19)17-23(27)26-14-2-3-15-26/h4,7-12,19H,2-3,5-6,13-17H2,1H3/t19-/m0/s1. The fraction of sp³-hybridized carbons (Fsp3) is 0.478. The molecule has 1 aromatic carbocycles. The molecule has 0 spiro atoms. The maximum atomic E-state index is 12.5. The number of carbonyl (C=O) groups excluding carboxylic acids is 1. The van der Waals surface area contributed by atoms with Gasteiger partial charge < -0.3 is 9.64 Å². The average Bonchev–Trinajstić information content (AvgIpc) is 3.29. The third-order valence-electron chi connectivity index (χ3n) is 5.90. The van der Waals surface area contributed by atoms with E-state index < -0.39 is 0 Å². The van der Waals surface area contributed by atoms with E-state index in [-0.39, 0.29) is 5.91 Å². The molecule has 148 valence electrons. The van der Waals surface area contributed by atoms with Crippen molar-refractivity contribution in [2.24, 2.45) is 0 Å². The zero-order valence-electron chi connectivity index (χ0n) is 16.6. The molecule has 0 radical (unpaired) electrons. The smallest absolute Gasteiger partial charge is 0.236 e. The first kappa shape index (κ1) is 18.9. The number of likely N-dealkylation sites (tertiary alicyclic amines) is 2. The van der Waals surface area contributed by atoms with E-state index in [2.05, 4.69) is 23.1 Å². The van der Waals surface area contributed by atoms with Crippen molar-refractivity contribution < 1.29 is 9.53 Å². The lowest BCUT2D eigenvalue weighted by Gasteiger charge is -2.33. The number of benzene rings is 1. The monoisotopic (exact) mass is 379 g/mol. The molecule has 2 aliphatic rings. The minimum Gasteiger partial charge on any atom is -0.497 e. The first-order chi connectivity index (χ1) is 13.7. The van der Waals surface area contributed by atoms with Crippen LogP contribution in [0.2, 0.25) is 0 Å². The average molecular weight is 380 g/mol. The number of carbonyl (C=O) groups is 1. The predicted octanol–water partition coefficient (Wildman–Crippen LogP) is 3.56. The van der Waals surface area contributed by atoms with Crippen molar-refractivity contribution >= 4 is 5.91 Å². The second-order valence-electron chi connectivity index (χ2n) is 7.84. The van der Waals surface area contributed by atoms with Crippen LogP contribution >= 0.6 is 0 Å². The van der Waals surface area contributed by atoms with Gasteiger partial charge in [-0.1, -0.05) is 6.07 Å². The van der Waals surface area contributed by atoms with Gasteiger partial charge >= 0.3 is 0 Å². The van der Waals surface area contributed by atoms with Gasteiger partial charge in [0.05, 0.1) is 19.3 Å². The summed E-state index contributed by atoms with van der Waals surface area (Å²) in [6.07, 6.45) is 4.55. The fourth-order valence-corrected chi connectivity index (χ4v) is 4.30. The molecule has 5 nitrogen and oxygen atoms in total. The molecule has 2 aliphatic heterocycles. The van der Waals surface area contributed by atoms with Crippen molar-refractivity contribution in [2.75, 3.05) is 39.8 Å². The third-order valence-corrected chi connectivity index (χ3v) is 5.90. The summed E-state index contributed by atoms with van der Waals surface area (Å²) in [5.74, 6) is 1.53. The van der Waals surface area contributed by atoms with Crippen molar-refractivity contribution in [1.82, 2.24) is 14.8 Å². The van der Waals surface area contributed by atoms with Crippen LogP contribution in [0.15, 0.2) is 42.5 Å². The molecule has 4 rings (SSSR count). The van der Waals surface area contributed by atoms with E-state index in [1.807, 2.05) is 29.2 Å². The van der Waals surface area contributed by atoms with Gasteiger partial charge in [0.2, 0.25) is 5.91 Å². The summed E-state index contributed by atoms with van der Waals surface area (Å²) in [6.45, 7) is 4.34. The van der Waals surface area contributed by atoms with Gasteiger partial charge in [0, 0.05) is 36.8 Å². The molecule has 1 aromatic heterocycles. The van der Waals surface area contributed by atoms with Crippen LogP contribution in [0, 0.1) is 0 Å². The Morgan fingerprint density at radius 2 is 1.86 bits per heavy atom. The van der Waals surface area contributed by atoms with E-state index in [4.69, 9.17) is 9.72 Å². The Morgan fingerprint density at radius 3 is 2.61 bits per heavy atom. The maximum absolute atomic E-state index is 12.5. The number of ether oxygens (including phenoxy) is 1. The molecule has 2 aromatic rings. The first-order valence-electron chi connectivity index (χ1n) is 10.3. The van der Waals surface area contributed by atoms with Crippen LogP contribution in [0.4, 0.5) is 0 Å². The van der Waals surface area contributed by atoms with Gasteiger partial charge in [-0.05, 0) is 68.6 Å². The van der Waals surface area contributed by atoms with Gasteiger partial charge in [-0.2, -0.15) is 0 Å². The van der Waals surface area contributed by atoms with Crippen molar-refractivity contribution in [3.05, 3.63) is 48.2 Å². The lowest BCUT2D eigenvalue weighted by molar-refractivity contribution is -0.131. The lowest BCUT2D eigenvalue weighted by Crippen LogP contribution is -2.43. The van der Waals surface area contributed by atoms with E-state index in [0.717, 1.165) is 74.6 Å². The van der Waals surface area contributed by atoms with Crippen LogP contribution in [0.1, 0.15) is 37.3 Å². The van der Waals surface area contributed by atoms with Crippen LogP contribution in [-0.2, 0) is 4.79 Å². The molecule has 2 saturated heterocycles. The summed E-state index contributed by atoms with van der Waals surface area (Å²) in [6, 6.07) is 14.3. The van der Waals surface area contributed by atoms with Gasteiger partial charge in [0.25, 0.3) is 0 Å². The number of pyridine rings is 1. The van der Waals surface area contributed by atoms with Crippen molar-refractivity contribution in [1.29, 1.82) is 0 Å². The van der Waals surface area contributed by atoms with E-state index >= 15 is 0 Å². The van der Waals surface area contributed by atoms with Gasteiger partial charge in [-0.15, -0.1) is 0 Å². The summed E-state index contributed by atoms with van der Waals surface area (Å²) in [4.78, 5) is 21.8. The van der Waals surface area contributed by atoms with E-state index in [0.29, 0.717) is 12.5 Å². The highest BCUT2D eigenvalue weighted by Gasteiger charge is 2.26. The molecular weight excluding hydrogens is 350 g/mol. The largest absolute Gasteiger partial charge is 0.497 e. The molecule has 5 heteroatoms. The number of piperidine rings is 1. The van der Waals surface area contributed by atoms with Crippen molar-refractivity contribution in [3.8, 4) is 17.0 Å². The van der Waals surface area contributed by atoms with Gasteiger partial charge in [0.15, 0.2) is 0 Å². The minimum absolute atomic E-state index is 0.290. The Balaban J connectivity index is 1.43. The molecule has 0 unspecified atom stereocenters. The molecule has 0 aliphatic carbocycles. The zero-order valence-corrected chi connectivity index (χ0v) is 16.6. The molecule has 28 heavy (non-hydrogen) atoms. The molecule has 3 heterocycles. The highest BCUT2D eigenvalue weighted by atomic mass is 16.5. The van der Waals surface area contributed by atoms with Crippen LogP contribution in [-0.4, -0.2) is 60.5 Å². The predicted molar refractivity (Wildman–Crippen MR) is 110 cm³/mol. The summed E-state index contributed by atoms with van der Waals surface area (Å²) in [7, 11) is 1.68. The van der Waals surface area contributed by atoms with E-state index in [1.165, 1.54) is 0 Å². The summed E-state index contributed by atoms with van der Waals surface area (Å²) < 4.78 is 5.25. The number of rotatable bonds is 5. The molecule has 0 bridgehead atoms. The highest BCUT2D eigenvalue weighted by Crippen LogP contribution is 2.28. The second kappa shape index (κ2) is 8.74. The van der Waals surface area contributed by atoms with E-state index in [9.17, 15) is 4.79 Å². The lowest BCUT2D eigenvalue weighted by atomic mass is 9.93. The Kier molecular flexibility index (Phi) is 5.91. The number of hydrogen-bond acceptors (Lipinski definition) is 4. The van der Waals surface area contributed by atoms with Crippen LogP contribution in [0.3, 0.4) is 0 Å². The van der Waals surface area contributed by atoms with Gasteiger partial charge in [0.1, 0.15) is 5.75 Å². The normalized spacial score (nSPS) is 20.3. The Labute approximate surface area is 167 Å². The van der Waals surface area contributed by atoms with Crippen LogP contribution in [0.25, 0.3) is 11.3 Å². The molecule has 2 fully saturated rings. The number of methoxy groups -OCH3 is 1. The number of nitrogens with zero attached hydrogens (tertiary/aromatic N) is 3. The maximum Gasteiger partial charge on any atom is 0.236 e. The van der Waals surface area contributed by atoms with Gasteiger partial charge in [-0.3, -0.25) is 14.7 Å². The Morgan fingerprint density at radius 1 is 1.07 bits per heavy atom. The molecule has 1 amide bonds. The van der Waals surface area contributed by atoms with Crippen LogP contribution in [0.5, 0.6) is 5.75 Å². The molecule has 0 N–H and O–H groups in total. The number of amides is 1. The SMILES string of the molecule is COc1ccc(-c2cccc([C@H]3CCCN(CC(=O)N4CCCC4)C3)n2)cc1. The summed E-state index contributed by atoms with van der Waals surface area (Å²) in [5.41, 5.74) is 3.22. The fourth-order valence-electron chi connectivity index (χ4n) is 4.30. The van der Waals surface area contributed by atoms with E-state index in [1.54, 1.807) is 7.11 Å². The van der Waals surface area contributed by atoms with Gasteiger partial charge in [-0.25, -0.2) is 0 Å². The molecule has 0 saturated carbocycles. The van der Waals surface area contributed by atoms with Crippen LogP contribution < -0.4 is 4.74 Å². The molecular formula is C23H29N3O2. The summed E-state index contributed by atoms with van der Waals surface area (Å²) in [5, 5.41) is 0. The quantitative estimate of drug-likeness (QED) is 0.797. The van der Waals surface area contributed by atoms with Crippen molar-refractivity contribution in [2.45, 2.75) is 31.6 Å². The summed E-state index contributed by atoms with van der Waals surface area (Å²) >= 11 is 0. The number of aromatic nitrogens is 1. The highest BCUT2D eigenvalue weighted by molar-refractivity contribution is 5.78. The second-order valence-corrected chi connectivity index (χ2v) is 7.84. The third kappa shape index (κ3) is 4.36. The first-order valence-corrected chi connectivity index (χ1v) is 10.3. The minimum atomic E-state index is 0.290.